The number of nitrogens with two attached hydrogens (primary N) is 1. The topological polar surface area (TPSA) is 283 Å². The van der Waals surface area contributed by atoms with Crippen LogP contribution in [0.3, 0.4) is 0 Å². The Bertz CT molecular complexity index is 1150. The number of aliphatic hydroxyl groups is 2. The highest BCUT2D eigenvalue weighted by molar-refractivity contribution is 7.69. The molecule has 18 nitrogen and oxygen atoms in total. The van der Waals surface area contributed by atoms with Crippen molar-refractivity contribution in [3.05, 3.63) is 18.2 Å². The highest BCUT2D eigenvalue weighted by Crippen LogP contribution is 2.66. The molecule has 2 unspecified atom stereocenters. The van der Waals surface area contributed by atoms with Crippen molar-refractivity contribution in [1.29, 1.82) is 0 Å². The minimum atomic E-state index is -5.64. The van der Waals surface area contributed by atoms with Crippen LogP contribution in [0.4, 0.5) is 5.82 Å². The van der Waals surface area contributed by atoms with Crippen molar-refractivity contribution in [2.75, 3.05) is 5.73 Å². The van der Waals surface area contributed by atoms with Gasteiger partial charge in [0.1, 0.15) is 24.6 Å². The lowest BCUT2D eigenvalue weighted by Crippen LogP contribution is -2.31. The molecule has 0 radical (unpaired) electrons. The summed E-state index contributed by atoms with van der Waals surface area (Å²) in [6.45, 7) is 0. The van der Waals surface area contributed by atoms with Crippen LogP contribution in [-0.4, -0.2) is 73.1 Å². The average molecular weight is 504 g/mol. The van der Waals surface area contributed by atoms with Gasteiger partial charge in [-0.15, -0.1) is 5.10 Å². The van der Waals surface area contributed by atoms with Gasteiger partial charge in [-0.1, -0.05) is 5.21 Å². The number of hydrogen-bond donors (Lipinski definition) is 7. The van der Waals surface area contributed by atoms with Crippen LogP contribution < -0.4 is 5.73 Å². The van der Waals surface area contributed by atoms with Gasteiger partial charge in [-0.25, -0.2) is 23.4 Å². The monoisotopic (exact) mass is 504 g/mol. The zero-order chi connectivity index (χ0) is 23.2. The zero-order valence-electron chi connectivity index (χ0n) is 14.8. The minimum Gasteiger partial charge on any atom is -0.387 e. The Hall–Kier alpha value is -1.65. The molecule has 0 spiro atoms. The standard InChI is InChI=1S/C10H15N6O12P3/c11-8-5-9(13-3-12-8)16(15-14-5)10-7(18)6(17)4(26-10)1-2-29(19,20)27-31(24,25)28-30(21,22)23/h1-4,6-7,10,17-18H,(H,19,20)(H,24,25)(H2,11,12,13)(H2,21,22,23)/t4-,6-,7-,10-/m1/s1. The third-order valence-electron chi connectivity index (χ3n) is 3.70. The summed E-state index contributed by atoms with van der Waals surface area (Å²) in [4.78, 5) is 43.4. The highest BCUT2D eigenvalue weighted by Gasteiger charge is 2.45. The van der Waals surface area contributed by atoms with Crippen LogP contribution in [0.15, 0.2) is 18.2 Å². The second-order valence-electron chi connectivity index (χ2n) is 5.97. The molecule has 31 heavy (non-hydrogen) atoms. The maximum Gasteiger partial charge on any atom is 0.488 e. The van der Waals surface area contributed by atoms with Crippen molar-refractivity contribution < 1.29 is 56.8 Å². The van der Waals surface area contributed by atoms with E-state index in [1.807, 2.05) is 0 Å². The van der Waals surface area contributed by atoms with E-state index < -0.39 is 47.8 Å². The Kier molecular flexibility index (Phi) is 6.48. The first-order valence-electron chi connectivity index (χ1n) is 7.85. The van der Waals surface area contributed by atoms with Gasteiger partial charge in [-0.2, -0.15) is 8.99 Å². The van der Waals surface area contributed by atoms with Crippen molar-refractivity contribution in [2.24, 2.45) is 0 Å². The van der Waals surface area contributed by atoms with Crippen LogP contribution in [0.5, 0.6) is 0 Å². The van der Waals surface area contributed by atoms with Gasteiger partial charge in [0.05, 0.1) is 0 Å². The van der Waals surface area contributed by atoms with E-state index in [2.05, 4.69) is 28.9 Å². The van der Waals surface area contributed by atoms with Crippen LogP contribution in [-0.2, 0) is 27.1 Å². The summed E-state index contributed by atoms with van der Waals surface area (Å²) in [6.07, 6.45) is -4.31. The second-order valence-corrected chi connectivity index (χ2v) is 10.6. The van der Waals surface area contributed by atoms with E-state index in [0.717, 1.165) is 11.0 Å². The molecule has 3 rings (SSSR count). The molecule has 0 bridgehead atoms. The number of hydrogen-bond acceptors (Lipinski definition) is 13. The molecule has 1 saturated heterocycles. The van der Waals surface area contributed by atoms with E-state index in [-0.39, 0.29) is 17.0 Å². The van der Waals surface area contributed by atoms with Crippen LogP contribution in [0.2, 0.25) is 0 Å². The lowest BCUT2D eigenvalue weighted by atomic mass is 10.1. The van der Waals surface area contributed by atoms with Gasteiger partial charge in [0.2, 0.25) is 0 Å². The molecule has 8 N–H and O–H groups in total. The molecule has 2 aromatic heterocycles. The SMILES string of the molecule is Nc1ncnc2c1nnn2[C@@H]1O[C@H](C=CP(=O)(O)OP(=O)(O)OP(=O)(O)O)[C@@H](O)[C@H]1O. The van der Waals surface area contributed by atoms with E-state index in [1.54, 1.807) is 0 Å². The molecule has 1 aliphatic heterocycles. The summed E-state index contributed by atoms with van der Waals surface area (Å²) in [5.74, 6) is 0.284. The summed E-state index contributed by atoms with van der Waals surface area (Å²) in [5, 5.41) is 27.8. The van der Waals surface area contributed by atoms with Gasteiger partial charge < -0.3 is 40.3 Å². The molecule has 0 aliphatic carbocycles. The molecule has 2 aromatic rings. The van der Waals surface area contributed by atoms with Gasteiger partial charge in [0, 0.05) is 5.82 Å². The number of nitrogens with zero attached hydrogens (tertiary/aromatic N) is 5. The molecule has 3 heterocycles. The van der Waals surface area contributed by atoms with Crippen LogP contribution in [0, 0.1) is 0 Å². The predicted octanol–water partition coefficient (Wildman–Crippen LogP) is -1.65. The van der Waals surface area contributed by atoms with Crippen molar-refractivity contribution in [3.8, 4) is 0 Å². The van der Waals surface area contributed by atoms with Gasteiger partial charge in [0.25, 0.3) is 0 Å². The number of phosphoric acid groups is 2. The predicted molar refractivity (Wildman–Crippen MR) is 96.5 cm³/mol. The summed E-state index contributed by atoms with van der Waals surface area (Å²) in [5.41, 5.74) is 5.78. The van der Waals surface area contributed by atoms with Crippen LogP contribution in [0.25, 0.3) is 11.2 Å². The first-order chi connectivity index (χ1) is 14.2. The minimum absolute atomic E-state index is 0.00921. The number of aliphatic hydroxyl groups excluding tert-OH is 2. The number of nitrogen functional groups attached to an aromatic ring is 1. The van der Waals surface area contributed by atoms with Gasteiger partial charge in [0.15, 0.2) is 23.2 Å². The number of anilines is 1. The van der Waals surface area contributed by atoms with E-state index in [4.69, 9.17) is 25.2 Å². The maximum atomic E-state index is 11.9. The molecular weight excluding hydrogens is 489 g/mol. The largest absolute Gasteiger partial charge is 0.488 e. The molecule has 0 saturated carbocycles. The second kappa shape index (κ2) is 8.37. The van der Waals surface area contributed by atoms with E-state index in [0.29, 0.717) is 11.9 Å². The molecule has 172 valence electrons. The Labute approximate surface area is 171 Å². The first-order valence-corrected chi connectivity index (χ1v) is 12.5. The van der Waals surface area contributed by atoms with Gasteiger partial charge in [-0.3, -0.25) is 4.57 Å². The maximum absolute atomic E-state index is 11.9. The summed E-state index contributed by atoms with van der Waals surface area (Å²) >= 11 is 0. The summed E-state index contributed by atoms with van der Waals surface area (Å²) < 4.78 is 47.6. The molecule has 1 aliphatic rings. The quantitative estimate of drug-likeness (QED) is 0.208. The Morgan fingerprint density at radius 2 is 1.77 bits per heavy atom. The summed E-state index contributed by atoms with van der Waals surface area (Å²) in [7, 11) is -16.3. The third-order valence-corrected chi connectivity index (χ3v) is 7.69. The molecule has 1 fully saturated rings. The molecule has 6 atom stereocenters. The van der Waals surface area contributed by atoms with Gasteiger partial charge >= 0.3 is 23.2 Å². The Morgan fingerprint density at radius 3 is 2.42 bits per heavy atom. The van der Waals surface area contributed by atoms with Crippen molar-refractivity contribution in [2.45, 2.75) is 24.5 Å². The lowest BCUT2D eigenvalue weighted by molar-refractivity contribution is -0.0329. The fraction of sp³-hybridized carbons (Fsp3) is 0.400. The third kappa shape index (κ3) is 5.59. The number of ether oxygens (including phenoxy) is 1. The average Bonchev–Trinajstić information content (AvgIpc) is 3.13. The molecule has 21 heteroatoms. The number of aromatic nitrogens is 5. The smallest absolute Gasteiger partial charge is 0.387 e. The fourth-order valence-electron chi connectivity index (χ4n) is 2.52. The van der Waals surface area contributed by atoms with E-state index in [1.165, 1.54) is 0 Å². The highest BCUT2D eigenvalue weighted by atomic mass is 31.3. The normalized spacial score (nSPS) is 28.7. The zero-order valence-corrected chi connectivity index (χ0v) is 17.5. The number of fused-ring (bicyclic) bond motifs is 1. The van der Waals surface area contributed by atoms with Crippen LogP contribution in [0.1, 0.15) is 6.23 Å². The molecular formula is C10H15N6O12P3. The van der Waals surface area contributed by atoms with Crippen molar-refractivity contribution in [1.82, 2.24) is 25.0 Å². The van der Waals surface area contributed by atoms with E-state index >= 15 is 0 Å². The molecule has 0 amide bonds. The van der Waals surface area contributed by atoms with Gasteiger partial charge in [-0.05, 0) is 6.08 Å². The Morgan fingerprint density at radius 1 is 1.10 bits per heavy atom. The van der Waals surface area contributed by atoms with Crippen molar-refractivity contribution in [3.63, 3.8) is 0 Å². The molecule has 0 aromatic carbocycles. The fourth-order valence-corrected chi connectivity index (χ4v) is 5.77. The summed E-state index contributed by atoms with van der Waals surface area (Å²) in [6, 6.07) is 0. The van der Waals surface area contributed by atoms with Crippen LogP contribution >= 0.6 is 23.2 Å². The Balaban J connectivity index is 1.77. The lowest BCUT2D eigenvalue weighted by Gasteiger charge is -2.15. The number of rotatable bonds is 7. The van der Waals surface area contributed by atoms with E-state index in [9.17, 15) is 28.8 Å². The first kappa shape index (κ1) is 24.0. The van der Waals surface area contributed by atoms with Crippen molar-refractivity contribution >= 4 is 40.2 Å².